The fraction of sp³-hybridized carbons (Fsp3) is 0.192. The highest BCUT2D eigenvalue weighted by Crippen LogP contribution is 2.35. The van der Waals surface area contributed by atoms with Crippen molar-refractivity contribution in [3.05, 3.63) is 76.5 Å². The lowest BCUT2D eigenvalue weighted by molar-refractivity contribution is -0.0268. The van der Waals surface area contributed by atoms with Crippen molar-refractivity contribution in [1.29, 1.82) is 0 Å². The number of nitrogens with zero attached hydrogens (tertiary/aromatic N) is 4. The fourth-order valence-electron chi connectivity index (χ4n) is 4.03. The van der Waals surface area contributed by atoms with Crippen LogP contribution in [-0.2, 0) is 11.3 Å². The first-order chi connectivity index (χ1) is 17.5. The van der Waals surface area contributed by atoms with Gasteiger partial charge in [-0.15, -0.1) is 11.3 Å². The molecule has 1 aliphatic heterocycles. The minimum atomic E-state index is -0.436. The SMILES string of the molecule is Cc1ccc(COc2cc(F)cc(Oc3ccc(-c4nn(C5COC5)c5ncnc(N)c45)cc3)c2)s1. The third kappa shape index (κ3) is 4.36. The Kier molecular flexibility index (Phi) is 5.74. The van der Waals surface area contributed by atoms with Crippen molar-refractivity contribution in [3.8, 4) is 28.5 Å². The molecule has 8 nitrogen and oxygen atoms in total. The van der Waals surface area contributed by atoms with Crippen LogP contribution >= 0.6 is 11.3 Å². The van der Waals surface area contributed by atoms with Crippen molar-refractivity contribution in [1.82, 2.24) is 19.7 Å². The van der Waals surface area contributed by atoms with Crippen LogP contribution in [0.15, 0.2) is 60.9 Å². The maximum Gasteiger partial charge on any atom is 0.164 e. The summed E-state index contributed by atoms with van der Waals surface area (Å²) in [4.78, 5) is 10.8. The quantitative estimate of drug-likeness (QED) is 0.312. The Bertz CT molecular complexity index is 1550. The molecular formula is C26H22FN5O3S. The molecule has 36 heavy (non-hydrogen) atoms. The minimum absolute atomic E-state index is 0.117. The molecule has 0 amide bonds. The molecule has 0 aliphatic carbocycles. The number of thiophene rings is 1. The van der Waals surface area contributed by atoms with E-state index in [2.05, 4.69) is 9.97 Å². The second-order valence-corrected chi connectivity index (χ2v) is 9.86. The highest BCUT2D eigenvalue weighted by molar-refractivity contribution is 7.11. The number of aromatic nitrogens is 4. The first-order valence-corrected chi connectivity index (χ1v) is 12.2. The maximum absolute atomic E-state index is 14.2. The molecule has 0 unspecified atom stereocenters. The molecule has 6 rings (SSSR count). The molecule has 2 N–H and O–H groups in total. The first kappa shape index (κ1) is 22.4. The van der Waals surface area contributed by atoms with Crippen molar-refractivity contribution >= 4 is 28.2 Å². The summed E-state index contributed by atoms with van der Waals surface area (Å²) in [6.45, 7) is 3.57. The highest BCUT2D eigenvalue weighted by Gasteiger charge is 2.27. The fourth-order valence-corrected chi connectivity index (χ4v) is 4.83. The zero-order chi connectivity index (χ0) is 24.6. The number of ether oxygens (including phenoxy) is 3. The Labute approximate surface area is 210 Å². The van der Waals surface area contributed by atoms with Gasteiger partial charge >= 0.3 is 0 Å². The van der Waals surface area contributed by atoms with E-state index in [0.717, 1.165) is 10.4 Å². The molecule has 0 bridgehead atoms. The molecule has 0 spiro atoms. The first-order valence-electron chi connectivity index (χ1n) is 11.4. The van der Waals surface area contributed by atoms with Gasteiger partial charge in [-0.2, -0.15) is 5.10 Å². The van der Waals surface area contributed by atoms with E-state index in [9.17, 15) is 4.39 Å². The zero-order valence-electron chi connectivity index (χ0n) is 19.3. The summed E-state index contributed by atoms with van der Waals surface area (Å²) in [5.74, 6) is 1.22. The number of benzene rings is 2. The van der Waals surface area contributed by atoms with Gasteiger partial charge in [-0.05, 0) is 43.3 Å². The summed E-state index contributed by atoms with van der Waals surface area (Å²) in [6, 6.07) is 15.8. The lowest BCUT2D eigenvalue weighted by atomic mass is 10.1. The summed E-state index contributed by atoms with van der Waals surface area (Å²) in [6.07, 6.45) is 1.44. The normalized spacial score (nSPS) is 13.6. The number of anilines is 1. The lowest BCUT2D eigenvalue weighted by Gasteiger charge is -2.26. The number of aryl methyl sites for hydroxylation is 1. The van der Waals surface area contributed by atoms with Crippen LogP contribution in [-0.4, -0.2) is 33.0 Å². The summed E-state index contributed by atoms with van der Waals surface area (Å²) in [5.41, 5.74) is 8.38. The van der Waals surface area contributed by atoms with Gasteiger partial charge in [0.05, 0.1) is 18.6 Å². The third-order valence-electron chi connectivity index (χ3n) is 5.87. The predicted molar refractivity (Wildman–Crippen MR) is 135 cm³/mol. The van der Waals surface area contributed by atoms with Crippen LogP contribution in [0.5, 0.6) is 17.2 Å². The third-order valence-corrected chi connectivity index (χ3v) is 6.84. The largest absolute Gasteiger partial charge is 0.488 e. The maximum atomic E-state index is 14.2. The van der Waals surface area contributed by atoms with Crippen LogP contribution in [0.1, 0.15) is 15.8 Å². The van der Waals surface area contributed by atoms with E-state index in [-0.39, 0.29) is 6.04 Å². The molecule has 2 aromatic carbocycles. The van der Waals surface area contributed by atoms with E-state index in [1.807, 2.05) is 35.9 Å². The van der Waals surface area contributed by atoms with Crippen molar-refractivity contribution in [2.24, 2.45) is 0 Å². The Balaban J connectivity index is 1.23. The van der Waals surface area contributed by atoms with Crippen LogP contribution in [0.3, 0.4) is 0 Å². The smallest absolute Gasteiger partial charge is 0.164 e. The molecule has 1 aliphatic rings. The second-order valence-electron chi connectivity index (χ2n) is 8.49. The number of halogens is 1. The Morgan fingerprint density at radius 2 is 1.86 bits per heavy atom. The van der Waals surface area contributed by atoms with E-state index in [1.54, 1.807) is 29.5 Å². The number of hydrogen-bond donors (Lipinski definition) is 1. The Morgan fingerprint density at radius 3 is 2.58 bits per heavy atom. The van der Waals surface area contributed by atoms with Gasteiger partial charge in [0.2, 0.25) is 0 Å². The monoisotopic (exact) mass is 503 g/mol. The number of hydrogen-bond acceptors (Lipinski definition) is 8. The molecule has 0 radical (unpaired) electrons. The van der Waals surface area contributed by atoms with Gasteiger partial charge in [0.1, 0.15) is 53.6 Å². The van der Waals surface area contributed by atoms with Gasteiger partial charge in [0.15, 0.2) is 5.65 Å². The summed E-state index contributed by atoms with van der Waals surface area (Å²) < 4.78 is 33.1. The topological polar surface area (TPSA) is 97.3 Å². The van der Waals surface area contributed by atoms with E-state index in [4.69, 9.17) is 25.0 Å². The number of rotatable bonds is 7. The van der Waals surface area contributed by atoms with E-state index in [0.29, 0.717) is 59.6 Å². The molecule has 3 aromatic heterocycles. The van der Waals surface area contributed by atoms with Crippen molar-refractivity contribution in [2.45, 2.75) is 19.6 Å². The average Bonchev–Trinajstić information content (AvgIpc) is 3.41. The van der Waals surface area contributed by atoms with E-state index >= 15 is 0 Å². The number of fused-ring (bicyclic) bond motifs is 1. The molecule has 0 saturated carbocycles. The molecule has 10 heteroatoms. The zero-order valence-corrected chi connectivity index (χ0v) is 20.2. The van der Waals surface area contributed by atoms with Crippen molar-refractivity contribution < 1.29 is 18.6 Å². The molecule has 0 atom stereocenters. The van der Waals surface area contributed by atoms with Crippen LogP contribution in [0.25, 0.3) is 22.3 Å². The van der Waals surface area contributed by atoms with Crippen LogP contribution < -0.4 is 15.2 Å². The molecule has 182 valence electrons. The van der Waals surface area contributed by atoms with Crippen LogP contribution in [0.4, 0.5) is 10.2 Å². The lowest BCUT2D eigenvalue weighted by Crippen LogP contribution is -2.31. The molecular weight excluding hydrogens is 481 g/mol. The predicted octanol–water partition coefficient (Wildman–Crippen LogP) is 5.53. The minimum Gasteiger partial charge on any atom is -0.488 e. The highest BCUT2D eigenvalue weighted by atomic mass is 32.1. The van der Waals surface area contributed by atoms with Gasteiger partial charge in [-0.25, -0.2) is 19.0 Å². The number of nitrogen functional groups attached to an aromatic ring is 1. The van der Waals surface area contributed by atoms with Crippen molar-refractivity contribution in [2.75, 3.05) is 18.9 Å². The van der Waals surface area contributed by atoms with Crippen LogP contribution in [0, 0.1) is 12.7 Å². The summed E-state index contributed by atoms with van der Waals surface area (Å²) in [5, 5.41) is 5.47. The van der Waals surface area contributed by atoms with E-state index in [1.165, 1.54) is 23.3 Å². The van der Waals surface area contributed by atoms with Gasteiger partial charge in [0.25, 0.3) is 0 Å². The Hall–Kier alpha value is -4.02. The van der Waals surface area contributed by atoms with Gasteiger partial charge in [-0.3, -0.25) is 0 Å². The van der Waals surface area contributed by atoms with Gasteiger partial charge < -0.3 is 19.9 Å². The Morgan fingerprint density at radius 1 is 1.06 bits per heavy atom. The van der Waals surface area contributed by atoms with Gasteiger partial charge in [0, 0.05) is 33.5 Å². The van der Waals surface area contributed by atoms with Crippen LogP contribution in [0.2, 0.25) is 0 Å². The molecule has 5 aromatic rings. The van der Waals surface area contributed by atoms with Gasteiger partial charge in [-0.1, -0.05) is 0 Å². The summed E-state index contributed by atoms with van der Waals surface area (Å²) in [7, 11) is 0. The molecule has 4 heterocycles. The average molecular weight is 504 g/mol. The molecule has 1 fully saturated rings. The summed E-state index contributed by atoms with van der Waals surface area (Å²) >= 11 is 1.65. The molecule has 1 saturated heterocycles. The number of nitrogens with two attached hydrogens (primary N) is 1. The standard InChI is InChI=1S/C26H22FN5O3S/c1-15-2-7-22(36-15)13-34-20-8-17(27)9-21(10-20)35-19-5-3-16(4-6-19)24-23-25(28)29-14-30-26(23)32(31-24)18-11-33-12-18/h2-10,14,18H,11-13H2,1H3,(H2,28,29,30). The van der Waals surface area contributed by atoms with Crippen molar-refractivity contribution in [3.63, 3.8) is 0 Å². The van der Waals surface area contributed by atoms with E-state index < -0.39 is 5.82 Å². The second kappa shape index (κ2) is 9.21.